The molecule has 8 nitrogen and oxygen atoms in total. The number of carbonyl (C=O) groups is 1. The van der Waals surface area contributed by atoms with E-state index in [9.17, 15) is 14.9 Å². The van der Waals surface area contributed by atoms with Crippen molar-refractivity contribution in [1.82, 2.24) is 4.90 Å². The van der Waals surface area contributed by atoms with E-state index >= 15 is 0 Å². The molecule has 0 aliphatic carbocycles. The third kappa shape index (κ3) is 4.65. The van der Waals surface area contributed by atoms with Gasteiger partial charge in [-0.3, -0.25) is 19.8 Å². The number of nitro groups is 1. The standard InChI is InChI=1S/C21H25N3O5/c1-14-6-7-15(24(26)27)11-18(14)22-21(25)13-23-10-4-5-19(23)17-9-8-16(28-2)12-20(17)29-3/h6-9,11-12,19H,4-5,10,13H2,1-3H3,(H,22,25)/t19-/m1/s1. The Morgan fingerprint density at radius 1 is 1.24 bits per heavy atom. The van der Waals surface area contributed by atoms with Crippen LogP contribution >= 0.6 is 0 Å². The minimum Gasteiger partial charge on any atom is -0.497 e. The molecule has 1 atom stereocenters. The Bertz CT molecular complexity index is 915. The molecule has 1 saturated heterocycles. The molecule has 29 heavy (non-hydrogen) atoms. The number of nitro benzene ring substituents is 1. The monoisotopic (exact) mass is 399 g/mol. The van der Waals surface area contributed by atoms with Crippen molar-refractivity contribution in [2.75, 3.05) is 32.6 Å². The number of aryl methyl sites for hydroxylation is 1. The van der Waals surface area contributed by atoms with Gasteiger partial charge in [-0.15, -0.1) is 0 Å². The summed E-state index contributed by atoms with van der Waals surface area (Å²) in [5.41, 5.74) is 2.21. The Morgan fingerprint density at radius 3 is 2.72 bits per heavy atom. The van der Waals surface area contributed by atoms with Crippen molar-refractivity contribution in [3.63, 3.8) is 0 Å². The highest BCUT2D eigenvalue weighted by Crippen LogP contribution is 2.38. The summed E-state index contributed by atoms with van der Waals surface area (Å²) in [6.07, 6.45) is 1.90. The lowest BCUT2D eigenvalue weighted by Gasteiger charge is -2.26. The largest absolute Gasteiger partial charge is 0.497 e. The lowest BCUT2D eigenvalue weighted by molar-refractivity contribution is -0.384. The highest BCUT2D eigenvalue weighted by atomic mass is 16.6. The van der Waals surface area contributed by atoms with E-state index in [0.717, 1.165) is 36.3 Å². The molecular formula is C21H25N3O5. The number of carbonyl (C=O) groups excluding carboxylic acids is 1. The van der Waals surface area contributed by atoms with Gasteiger partial charge in [0.15, 0.2) is 0 Å². The van der Waals surface area contributed by atoms with Crippen molar-refractivity contribution in [1.29, 1.82) is 0 Å². The molecule has 2 aromatic rings. The van der Waals surface area contributed by atoms with E-state index in [4.69, 9.17) is 9.47 Å². The lowest BCUT2D eigenvalue weighted by atomic mass is 10.0. The quantitative estimate of drug-likeness (QED) is 0.564. The summed E-state index contributed by atoms with van der Waals surface area (Å²) >= 11 is 0. The second kappa shape index (κ2) is 8.91. The number of amides is 1. The number of nitrogens with one attached hydrogen (secondary N) is 1. The van der Waals surface area contributed by atoms with Crippen molar-refractivity contribution in [3.8, 4) is 11.5 Å². The number of non-ortho nitro benzene ring substituents is 1. The number of anilines is 1. The fourth-order valence-corrected chi connectivity index (χ4v) is 3.69. The lowest BCUT2D eigenvalue weighted by Crippen LogP contribution is -2.33. The van der Waals surface area contributed by atoms with Gasteiger partial charge in [0.1, 0.15) is 11.5 Å². The summed E-state index contributed by atoms with van der Waals surface area (Å²) in [5.74, 6) is 1.25. The first-order valence-corrected chi connectivity index (χ1v) is 9.43. The van der Waals surface area contributed by atoms with Crippen LogP contribution in [0, 0.1) is 17.0 Å². The fourth-order valence-electron chi connectivity index (χ4n) is 3.69. The predicted octanol–water partition coefficient (Wildman–Crippen LogP) is 3.70. The van der Waals surface area contributed by atoms with Crippen LogP contribution in [0.15, 0.2) is 36.4 Å². The van der Waals surface area contributed by atoms with Crippen LogP contribution in [0.2, 0.25) is 0 Å². The van der Waals surface area contributed by atoms with Gasteiger partial charge >= 0.3 is 0 Å². The molecule has 8 heteroatoms. The molecule has 1 N–H and O–H groups in total. The van der Waals surface area contributed by atoms with Crippen molar-refractivity contribution in [2.45, 2.75) is 25.8 Å². The van der Waals surface area contributed by atoms with Gasteiger partial charge in [-0.1, -0.05) is 12.1 Å². The first-order valence-electron chi connectivity index (χ1n) is 9.43. The van der Waals surface area contributed by atoms with Crippen LogP contribution < -0.4 is 14.8 Å². The molecular weight excluding hydrogens is 374 g/mol. The van der Waals surface area contributed by atoms with Crippen molar-refractivity contribution in [3.05, 3.63) is 57.6 Å². The maximum absolute atomic E-state index is 12.7. The maximum Gasteiger partial charge on any atom is 0.271 e. The summed E-state index contributed by atoms with van der Waals surface area (Å²) in [4.78, 5) is 25.3. The Balaban J connectivity index is 1.74. The van der Waals surface area contributed by atoms with Crippen LogP contribution in [0.3, 0.4) is 0 Å². The molecule has 3 rings (SSSR count). The smallest absolute Gasteiger partial charge is 0.271 e. The second-order valence-corrected chi connectivity index (χ2v) is 7.04. The second-order valence-electron chi connectivity index (χ2n) is 7.04. The number of rotatable bonds is 7. The van der Waals surface area contributed by atoms with E-state index in [1.54, 1.807) is 27.2 Å². The van der Waals surface area contributed by atoms with E-state index in [1.807, 2.05) is 18.2 Å². The molecule has 154 valence electrons. The highest BCUT2D eigenvalue weighted by molar-refractivity contribution is 5.93. The van der Waals surface area contributed by atoms with E-state index in [-0.39, 0.29) is 24.2 Å². The number of hydrogen-bond donors (Lipinski definition) is 1. The minimum absolute atomic E-state index is 0.0482. The van der Waals surface area contributed by atoms with Crippen LogP contribution in [-0.2, 0) is 4.79 Å². The average Bonchev–Trinajstić information content (AvgIpc) is 3.16. The van der Waals surface area contributed by atoms with Crippen molar-refractivity contribution in [2.24, 2.45) is 0 Å². The van der Waals surface area contributed by atoms with Gasteiger partial charge in [0.05, 0.1) is 31.4 Å². The molecule has 0 saturated carbocycles. The molecule has 1 aliphatic rings. The van der Waals surface area contributed by atoms with Crippen LogP contribution in [0.5, 0.6) is 11.5 Å². The van der Waals surface area contributed by atoms with Gasteiger partial charge in [0.2, 0.25) is 5.91 Å². The SMILES string of the molecule is COc1ccc([C@H]2CCCN2CC(=O)Nc2cc([N+](=O)[O-])ccc2C)c(OC)c1. The van der Waals surface area contributed by atoms with E-state index in [1.165, 1.54) is 12.1 Å². The number of methoxy groups -OCH3 is 2. The zero-order valence-corrected chi connectivity index (χ0v) is 16.8. The first kappa shape index (κ1) is 20.6. The van der Waals surface area contributed by atoms with Crippen LogP contribution in [0.1, 0.15) is 30.0 Å². The number of likely N-dealkylation sites (tertiary alicyclic amines) is 1. The third-order valence-corrected chi connectivity index (χ3v) is 5.22. The molecule has 0 bridgehead atoms. The van der Waals surface area contributed by atoms with Gasteiger partial charge in [-0.05, 0) is 37.9 Å². The van der Waals surface area contributed by atoms with E-state index in [0.29, 0.717) is 11.4 Å². The van der Waals surface area contributed by atoms with Crippen LogP contribution in [0.25, 0.3) is 0 Å². The highest BCUT2D eigenvalue weighted by Gasteiger charge is 2.30. The maximum atomic E-state index is 12.7. The number of benzene rings is 2. The zero-order chi connectivity index (χ0) is 21.0. The van der Waals surface area contributed by atoms with Gasteiger partial charge in [0, 0.05) is 29.8 Å². The number of nitrogens with zero attached hydrogens (tertiary/aromatic N) is 2. The Kier molecular flexibility index (Phi) is 6.33. The van der Waals surface area contributed by atoms with Gasteiger partial charge in [-0.25, -0.2) is 0 Å². The van der Waals surface area contributed by atoms with E-state index < -0.39 is 4.92 Å². The average molecular weight is 399 g/mol. The molecule has 1 heterocycles. The zero-order valence-electron chi connectivity index (χ0n) is 16.8. The Labute approximate surface area is 169 Å². The van der Waals surface area contributed by atoms with Crippen molar-refractivity contribution < 1.29 is 19.2 Å². The third-order valence-electron chi connectivity index (χ3n) is 5.22. The molecule has 0 aromatic heterocycles. The Hall–Kier alpha value is -3.13. The molecule has 1 amide bonds. The van der Waals surface area contributed by atoms with E-state index in [2.05, 4.69) is 10.2 Å². The van der Waals surface area contributed by atoms with Gasteiger partial charge in [0.25, 0.3) is 5.69 Å². The first-order chi connectivity index (χ1) is 13.9. The number of ether oxygens (including phenoxy) is 2. The Morgan fingerprint density at radius 2 is 2.03 bits per heavy atom. The summed E-state index contributed by atoms with van der Waals surface area (Å²) in [6.45, 7) is 2.80. The summed E-state index contributed by atoms with van der Waals surface area (Å²) in [7, 11) is 3.23. The molecule has 0 spiro atoms. The molecule has 2 aromatic carbocycles. The fraction of sp³-hybridized carbons (Fsp3) is 0.381. The van der Waals surface area contributed by atoms with Gasteiger partial charge < -0.3 is 14.8 Å². The predicted molar refractivity (Wildman–Crippen MR) is 110 cm³/mol. The normalized spacial score (nSPS) is 16.4. The molecule has 0 radical (unpaired) electrons. The van der Waals surface area contributed by atoms with Crippen LogP contribution in [-0.4, -0.2) is 43.0 Å². The molecule has 1 aliphatic heterocycles. The summed E-state index contributed by atoms with van der Waals surface area (Å²) < 4.78 is 10.8. The molecule has 1 fully saturated rings. The topological polar surface area (TPSA) is 93.9 Å². The van der Waals surface area contributed by atoms with Gasteiger partial charge in [-0.2, -0.15) is 0 Å². The van der Waals surface area contributed by atoms with Crippen molar-refractivity contribution >= 4 is 17.3 Å². The summed E-state index contributed by atoms with van der Waals surface area (Å²) in [5, 5.41) is 13.8. The molecule has 0 unspecified atom stereocenters. The minimum atomic E-state index is -0.471. The number of hydrogen-bond acceptors (Lipinski definition) is 6. The summed E-state index contributed by atoms with van der Waals surface area (Å²) in [6, 6.07) is 10.2. The van der Waals surface area contributed by atoms with Crippen LogP contribution in [0.4, 0.5) is 11.4 Å².